The molecular weight excluding hydrogens is 468 g/mol. The Morgan fingerprint density at radius 3 is 2.51 bits per heavy atom. The number of H-pyrrole nitrogens is 1. The van der Waals surface area contributed by atoms with Gasteiger partial charge in [0.05, 0.1) is 11.4 Å². The van der Waals surface area contributed by atoms with E-state index in [0.29, 0.717) is 18.1 Å². The number of carbonyl (C=O) groups excluding carboxylic acids is 2. The number of aromatic amines is 1. The Balaban J connectivity index is 1.59. The van der Waals surface area contributed by atoms with Crippen molar-refractivity contribution in [3.05, 3.63) is 53.4 Å². The molecule has 1 aliphatic heterocycles. The maximum absolute atomic E-state index is 13.7. The Morgan fingerprint density at radius 2 is 1.89 bits per heavy atom. The van der Waals surface area contributed by atoms with Crippen molar-refractivity contribution in [1.82, 2.24) is 20.3 Å². The van der Waals surface area contributed by atoms with Crippen molar-refractivity contribution in [3.8, 4) is 0 Å². The Kier molecular flexibility index (Phi) is 7.00. The van der Waals surface area contributed by atoms with Gasteiger partial charge in [0.1, 0.15) is 28.8 Å². The molecule has 0 bridgehead atoms. The number of nitrogens with one attached hydrogen (secondary N) is 2. The molecule has 0 saturated carbocycles. The fourth-order valence-electron chi connectivity index (χ4n) is 4.38. The van der Waals surface area contributed by atoms with E-state index in [9.17, 15) is 9.59 Å². The van der Waals surface area contributed by atoms with Crippen LogP contribution in [0.3, 0.4) is 0 Å². The monoisotopic (exact) mass is 498 g/mol. The molecule has 9 nitrogen and oxygen atoms in total. The largest absolute Gasteiger partial charge is 0.459 e. The molecule has 4 rings (SSSR count). The molecule has 1 saturated heterocycles. The minimum absolute atomic E-state index is 0.177. The molecular formula is C25H31ClN6O3. The fourth-order valence-corrected chi connectivity index (χ4v) is 4.51. The summed E-state index contributed by atoms with van der Waals surface area (Å²) in [6, 6.07) is 8.60. The van der Waals surface area contributed by atoms with Gasteiger partial charge in [-0.1, -0.05) is 23.7 Å². The Morgan fingerprint density at radius 1 is 1.20 bits per heavy atom. The second-order valence-electron chi connectivity index (χ2n) is 9.82. The van der Waals surface area contributed by atoms with E-state index in [4.69, 9.17) is 22.1 Å². The summed E-state index contributed by atoms with van der Waals surface area (Å²) in [6.45, 7) is 6.48. The number of hydrogen-bond donors (Lipinski definition) is 3. The smallest absolute Gasteiger partial charge is 0.322 e. The van der Waals surface area contributed by atoms with E-state index in [2.05, 4.69) is 25.2 Å². The van der Waals surface area contributed by atoms with Crippen LogP contribution in [0.15, 0.2) is 42.9 Å². The highest BCUT2D eigenvalue weighted by Gasteiger charge is 2.51. The number of ether oxygens (including phenoxy) is 1. The molecule has 0 radical (unpaired) electrons. The van der Waals surface area contributed by atoms with Crippen LogP contribution in [0.4, 0.5) is 5.82 Å². The minimum atomic E-state index is -1.34. The van der Waals surface area contributed by atoms with E-state index in [1.165, 1.54) is 6.33 Å². The van der Waals surface area contributed by atoms with Crippen molar-refractivity contribution >= 4 is 40.3 Å². The van der Waals surface area contributed by atoms with Gasteiger partial charge < -0.3 is 25.7 Å². The molecule has 0 aliphatic carbocycles. The lowest BCUT2D eigenvalue weighted by Gasteiger charge is -2.41. The topological polar surface area (TPSA) is 126 Å². The number of fused-ring (bicyclic) bond motifs is 1. The van der Waals surface area contributed by atoms with Crippen LogP contribution in [0.5, 0.6) is 0 Å². The quantitative estimate of drug-likeness (QED) is 0.351. The van der Waals surface area contributed by atoms with Crippen LogP contribution in [0.2, 0.25) is 5.02 Å². The van der Waals surface area contributed by atoms with Crippen molar-refractivity contribution in [2.24, 2.45) is 11.1 Å². The van der Waals surface area contributed by atoms with E-state index in [-0.39, 0.29) is 25.3 Å². The van der Waals surface area contributed by atoms with Gasteiger partial charge in [-0.2, -0.15) is 0 Å². The Bertz CT molecular complexity index is 1200. The highest BCUT2D eigenvalue weighted by molar-refractivity contribution is 6.30. The number of rotatable bonds is 6. The summed E-state index contributed by atoms with van der Waals surface area (Å²) in [5.41, 5.74) is 5.49. The third kappa shape index (κ3) is 5.26. The number of benzene rings is 1. The first-order valence-electron chi connectivity index (χ1n) is 11.7. The van der Waals surface area contributed by atoms with Crippen LogP contribution in [-0.4, -0.2) is 52.1 Å². The van der Waals surface area contributed by atoms with Gasteiger partial charge in [0, 0.05) is 30.9 Å². The van der Waals surface area contributed by atoms with Crippen LogP contribution in [0, 0.1) is 5.41 Å². The fraction of sp³-hybridized carbons (Fsp3) is 0.440. The summed E-state index contributed by atoms with van der Waals surface area (Å²) in [7, 11) is 0. The summed E-state index contributed by atoms with van der Waals surface area (Å²) in [5, 5.41) is 4.49. The number of nitrogens with two attached hydrogens (primary N) is 1. The standard InChI is InChI=1S/C25H31ClN6O3/c1-24(2,3)35-23(34)25(22(33)31-19(14-27)16-4-6-17(26)7-5-16)9-12-32(13-10-25)21-18-8-11-28-20(18)29-15-30-21/h4-8,11,15,19H,9-10,12-14,27H2,1-3H3,(H,31,33)(H,28,29,30). The van der Waals surface area contributed by atoms with Crippen molar-refractivity contribution in [2.45, 2.75) is 45.3 Å². The van der Waals surface area contributed by atoms with Crippen molar-refractivity contribution in [2.75, 3.05) is 24.5 Å². The zero-order chi connectivity index (χ0) is 25.2. The number of piperidine rings is 1. The Hall–Kier alpha value is -3.17. The van der Waals surface area contributed by atoms with E-state index in [0.717, 1.165) is 22.4 Å². The predicted molar refractivity (Wildman–Crippen MR) is 135 cm³/mol. The van der Waals surface area contributed by atoms with Crippen LogP contribution < -0.4 is 16.0 Å². The summed E-state index contributed by atoms with van der Waals surface area (Å²) in [6.07, 6.45) is 3.88. The number of aromatic nitrogens is 3. The summed E-state index contributed by atoms with van der Waals surface area (Å²) >= 11 is 6.01. The molecule has 1 unspecified atom stereocenters. The second kappa shape index (κ2) is 9.83. The predicted octanol–water partition coefficient (Wildman–Crippen LogP) is 3.36. The molecule has 1 atom stereocenters. The van der Waals surface area contributed by atoms with Gasteiger partial charge in [-0.05, 0) is 57.4 Å². The van der Waals surface area contributed by atoms with E-state index < -0.39 is 23.0 Å². The molecule has 186 valence electrons. The lowest BCUT2D eigenvalue weighted by Crippen LogP contribution is -2.56. The maximum Gasteiger partial charge on any atom is 0.322 e. The summed E-state index contributed by atoms with van der Waals surface area (Å²) in [5.74, 6) is -0.134. The van der Waals surface area contributed by atoms with Gasteiger partial charge in [0.15, 0.2) is 0 Å². The van der Waals surface area contributed by atoms with Crippen LogP contribution in [0.1, 0.15) is 45.2 Å². The molecule has 1 aromatic carbocycles. The number of carbonyl (C=O) groups is 2. The number of halogens is 1. The van der Waals surface area contributed by atoms with E-state index in [1.807, 2.05) is 24.4 Å². The van der Waals surface area contributed by atoms with Gasteiger partial charge in [0.2, 0.25) is 5.91 Å². The first-order chi connectivity index (χ1) is 16.6. The average molecular weight is 499 g/mol. The first kappa shape index (κ1) is 24.9. The van der Waals surface area contributed by atoms with Gasteiger partial charge in [-0.25, -0.2) is 9.97 Å². The molecule has 3 aromatic rings. The van der Waals surface area contributed by atoms with Crippen molar-refractivity contribution in [1.29, 1.82) is 0 Å². The van der Waals surface area contributed by atoms with Gasteiger partial charge in [0.25, 0.3) is 0 Å². The Labute approximate surface area is 209 Å². The number of esters is 1. The number of anilines is 1. The van der Waals surface area contributed by atoms with Crippen molar-refractivity contribution < 1.29 is 14.3 Å². The molecule has 3 heterocycles. The molecule has 2 aromatic heterocycles. The first-order valence-corrected chi connectivity index (χ1v) is 12.0. The van der Waals surface area contributed by atoms with Crippen LogP contribution >= 0.6 is 11.6 Å². The number of amides is 1. The normalized spacial score (nSPS) is 16.7. The molecule has 1 aliphatic rings. The molecule has 0 spiro atoms. The summed E-state index contributed by atoms with van der Waals surface area (Å²) < 4.78 is 5.74. The molecule has 4 N–H and O–H groups in total. The van der Waals surface area contributed by atoms with Gasteiger partial charge >= 0.3 is 5.97 Å². The highest BCUT2D eigenvalue weighted by atomic mass is 35.5. The van der Waals surface area contributed by atoms with E-state index >= 15 is 0 Å². The molecule has 1 amide bonds. The second-order valence-corrected chi connectivity index (χ2v) is 10.3. The zero-order valence-electron chi connectivity index (χ0n) is 20.2. The SMILES string of the molecule is CC(C)(C)OC(=O)C1(C(=O)NC(CN)c2ccc(Cl)cc2)CCN(c2ncnc3[nH]ccc23)CC1. The number of hydrogen-bond acceptors (Lipinski definition) is 7. The average Bonchev–Trinajstić information content (AvgIpc) is 3.31. The molecule has 1 fully saturated rings. The van der Waals surface area contributed by atoms with Gasteiger partial charge in [-0.15, -0.1) is 0 Å². The maximum atomic E-state index is 13.7. The van der Waals surface area contributed by atoms with Crippen LogP contribution in [0.25, 0.3) is 11.0 Å². The minimum Gasteiger partial charge on any atom is -0.459 e. The van der Waals surface area contributed by atoms with Crippen LogP contribution in [-0.2, 0) is 14.3 Å². The molecule has 35 heavy (non-hydrogen) atoms. The third-order valence-corrected chi connectivity index (χ3v) is 6.54. The summed E-state index contributed by atoms with van der Waals surface area (Å²) in [4.78, 5) is 41.1. The van der Waals surface area contributed by atoms with Crippen molar-refractivity contribution in [3.63, 3.8) is 0 Å². The third-order valence-electron chi connectivity index (χ3n) is 6.29. The number of nitrogens with zero attached hydrogens (tertiary/aromatic N) is 3. The van der Waals surface area contributed by atoms with Gasteiger partial charge in [-0.3, -0.25) is 9.59 Å². The van der Waals surface area contributed by atoms with E-state index in [1.54, 1.807) is 32.9 Å². The zero-order valence-corrected chi connectivity index (χ0v) is 20.9. The lowest BCUT2D eigenvalue weighted by atomic mass is 9.76. The highest BCUT2D eigenvalue weighted by Crippen LogP contribution is 2.38. The lowest BCUT2D eigenvalue weighted by molar-refractivity contribution is -0.173. The molecule has 10 heteroatoms.